The third kappa shape index (κ3) is 2.36. The summed E-state index contributed by atoms with van der Waals surface area (Å²) in [6.07, 6.45) is -2.14. The van der Waals surface area contributed by atoms with Crippen molar-refractivity contribution in [3.63, 3.8) is 0 Å². The molecule has 100 valence electrons. The van der Waals surface area contributed by atoms with Crippen LogP contribution in [-0.4, -0.2) is 10.5 Å². The second kappa shape index (κ2) is 4.74. The van der Waals surface area contributed by atoms with Crippen molar-refractivity contribution in [1.82, 2.24) is 0 Å². The number of alkyl halides is 4. The molecule has 2 atom stereocenters. The highest BCUT2D eigenvalue weighted by atomic mass is 35.5. The van der Waals surface area contributed by atoms with Gasteiger partial charge < -0.3 is 5.11 Å². The molecule has 0 aromatic heterocycles. The minimum atomic E-state index is -4.47. The molecule has 0 unspecified atom stereocenters. The van der Waals surface area contributed by atoms with Crippen LogP contribution in [0.25, 0.3) is 0 Å². The van der Waals surface area contributed by atoms with Gasteiger partial charge in [0, 0.05) is 0 Å². The summed E-state index contributed by atoms with van der Waals surface area (Å²) in [5.41, 5.74) is -2.47. The van der Waals surface area contributed by atoms with E-state index in [1.165, 1.54) is 18.2 Å². The molecule has 5 heteroatoms. The van der Waals surface area contributed by atoms with Crippen LogP contribution in [0.4, 0.5) is 13.2 Å². The molecule has 18 heavy (non-hydrogen) atoms. The lowest BCUT2D eigenvalue weighted by molar-refractivity contribution is -0.141. The number of benzene rings is 1. The Morgan fingerprint density at radius 1 is 1.22 bits per heavy atom. The lowest BCUT2D eigenvalue weighted by Gasteiger charge is -2.38. The molecule has 0 bridgehead atoms. The molecule has 0 spiro atoms. The molecular formula is C13H14ClF3O. The van der Waals surface area contributed by atoms with Crippen molar-refractivity contribution >= 4 is 11.6 Å². The summed E-state index contributed by atoms with van der Waals surface area (Å²) < 4.78 is 38.8. The molecule has 1 saturated carbocycles. The fourth-order valence-electron chi connectivity index (χ4n) is 2.52. The molecule has 0 radical (unpaired) electrons. The summed E-state index contributed by atoms with van der Waals surface area (Å²) in [6.45, 7) is 0. The molecule has 1 nitrogen and oxygen atoms in total. The molecule has 1 aromatic rings. The third-order valence-electron chi connectivity index (χ3n) is 3.48. The van der Waals surface area contributed by atoms with Crippen molar-refractivity contribution in [2.45, 2.75) is 42.8 Å². The Morgan fingerprint density at radius 2 is 1.89 bits per heavy atom. The van der Waals surface area contributed by atoms with Gasteiger partial charge in [-0.05, 0) is 24.5 Å². The smallest absolute Gasteiger partial charge is 0.384 e. The number of halogens is 4. The maximum absolute atomic E-state index is 12.9. The van der Waals surface area contributed by atoms with Gasteiger partial charge in [-0.25, -0.2) is 0 Å². The van der Waals surface area contributed by atoms with Crippen LogP contribution in [0.1, 0.15) is 36.8 Å². The zero-order valence-electron chi connectivity index (χ0n) is 9.67. The Kier molecular flexibility index (Phi) is 3.60. The van der Waals surface area contributed by atoms with E-state index >= 15 is 0 Å². The molecule has 0 saturated heterocycles. The molecule has 1 fully saturated rings. The first-order chi connectivity index (χ1) is 8.36. The van der Waals surface area contributed by atoms with Crippen molar-refractivity contribution < 1.29 is 18.3 Å². The Balaban J connectivity index is 2.50. The fraction of sp³-hybridized carbons (Fsp3) is 0.538. The van der Waals surface area contributed by atoms with Gasteiger partial charge in [-0.3, -0.25) is 0 Å². The van der Waals surface area contributed by atoms with E-state index in [0.717, 1.165) is 12.5 Å². The van der Waals surface area contributed by atoms with Crippen molar-refractivity contribution in [1.29, 1.82) is 0 Å². The summed E-state index contributed by atoms with van der Waals surface area (Å²) in [5, 5.41) is 9.85. The molecular weight excluding hydrogens is 265 g/mol. The summed E-state index contributed by atoms with van der Waals surface area (Å²) >= 11 is 6.06. The van der Waals surface area contributed by atoms with Crippen LogP contribution >= 0.6 is 11.6 Å². The van der Waals surface area contributed by atoms with Crippen molar-refractivity contribution in [2.75, 3.05) is 0 Å². The molecule has 1 N–H and O–H groups in total. The van der Waals surface area contributed by atoms with E-state index in [1.54, 1.807) is 0 Å². The van der Waals surface area contributed by atoms with Gasteiger partial charge in [-0.2, -0.15) is 13.2 Å². The highest BCUT2D eigenvalue weighted by Crippen LogP contribution is 2.45. The third-order valence-corrected chi connectivity index (χ3v) is 4.06. The Labute approximate surface area is 109 Å². The fourth-order valence-corrected chi connectivity index (χ4v) is 2.91. The van der Waals surface area contributed by atoms with E-state index in [1.807, 2.05) is 0 Å². The predicted molar refractivity (Wildman–Crippen MR) is 63.4 cm³/mol. The van der Waals surface area contributed by atoms with E-state index in [2.05, 4.69) is 0 Å². The van der Waals surface area contributed by atoms with Crippen LogP contribution in [0.3, 0.4) is 0 Å². The highest BCUT2D eigenvalue weighted by molar-refractivity contribution is 6.21. The summed E-state index contributed by atoms with van der Waals surface area (Å²) in [6, 6.07) is 5.14. The zero-order valence-corrected chi connectivity index (χ0v) is 10.4. The Bertz CT molecular complexity index is 432. The van der Waals surface area contributed by atoms with Gasteiger partial charge in [0.15, 0.2) is 0 Å². The van der Waals surface area contributed by atoms with Crippen molar-refractivity contribution in [3.05, 3.63) is 35.4 Å². The largest absolute Gasteiger partial charge is 0.416 e. The van der Waals surface area contributed by atoms with E-state index in [9.17, 15) is 18.3 Å². The van der Waals surface area contributed by atoms with Gasteiger partial charge in [-0.1, -0.05) is 31.0 Å². The van der Waals surface area contributed by atoms with Crippen LogP contribution in [0.2, 0.25) is 0 Å². The first kappa shape index (κ1) is 13.7. The maximum Gasteiger partial charge on any atom is 0.416 e. The molecule has 1 aliphatic carbocycles. The lowest BCUT2D eigenvalue weighted by atomic mass is 9.77. The van der Waals surface area contributed by atoms with Gasteiger partial charge in [0.1, 0.15) is 5.60 Å². The number of aliphatic hydroxyl groups is 1. The van der Waals surface area contributed by atoms with Crippen LogP contribution in [0.15, 0.2) is 24.3 Å². The molecule has 0 heterocycles. The minimum absolute atomic E-state index is 0.0998. The normalized spacial score (nSPS) is 29.3. The van der Waals surface area contributed by atoms with Crippen LogP contribution in [0.5, 0.6) is 0 Å². The molecule has 1 aromatic carbocycles. The quantitative estimate of drug-likeness (QED) is 0.768. The average Bonchev–Trinajstić information content (AvgIpc) is 2.32. The van der Waals surface area contributed by atoms with E-state index < -0.39 is 22.7 Å². The molecule has 2 rings (SSSR count). The standard InChI is InChI=1S/C13H14ClF3O/c14-11-7-3-4-8-12(11,18)9-5-1-2-6-10(9)13(15,16)17/h1-2,5-6,11,18H,3-4,7-8H2/t11-,12+/m1/s1. The Hall–Kier alpha value is -0.740. The van der Waals surface area contributed by atoms with E-state index in [-0.39, 0.29) is 12.0 Å². The molecule has 1 aliphatic rings. The van der Waals surface area contributed by atoms with Crippen molar-refractivity contribution in [2.24, 2.45) is 0 Å². The number of rotatable bonds is 1. The highest BCUT2D eigenvalue weighted by Gasteiger charge is 2.45. The monoisotopic (exact) mass is 278 g/mol. The zero-order chi connectivity index (χ0) is 13.4. The summed E-state index contributed by atoms with van der Waals surface area (Å²) in [7, 11) is 0. The lowest BCUT2D eigenvalue weighted by Crippen LogP contribution is -2.40. The van der Waals surface area contributed by atoms with Crippen LogP contribution in [0, 0.1) is 0 Å². The Morgan fingerprint density at radius 3 is 2.50 bits per heavy atom. The van der Waals surface area contributed by atoms with Crippen LogP contribution in [-0.2, 0) is 11.8 Å². The molecule has 0 aliphatic heterocycles. The average molecular weight is 279 g/mol. The second-order valence-electron chi connectivity index (χ2n) is 4.68. The first-order valence-electron chi connectivity index (χ1n) is 5.89. The minimum Gasteiger partial charge on any atom is -0.384 e. The molecule has 0 amide bonds. The van der Waals surface area contributed by atoms with Crippen molar-refractivity contribution in [3.8, 4) is 0 Å². The number of hydrogen-bond acceptors (Lipinski definition) is 1. The SMILES string of the molecule is O[C@]1(c2ccccc2C(F)(F)F)CCCC[C@H]1Cl. The maximum atomic E-state index is 12.9. The number of hydrogen-bond donors (Lipinski definition) is 1. The van der Waals surface area contributed by atoms with Gasteiger partial charge in [0.2, 0.25) is 0 Å². The summed E-state index contributed by atoms with van der Waals surface area (Å²) in [4.78, 5) is 0. The summed E-state index contributed by atoms with van der Waals surface area (Å²) in [5.74, 6) is 0. The van der Waals surface area contributed by atoms with Gasteiger partial charge in [0.05, 0.1) is 10.9 Å². The van der Waals surface area contributed by atoms with Crippen LogP contribution < -0.4 is 0 Å². The van der Waals surface area contributed by atoms with Gasteiger partial charge in [0.25, 0.3) is 0 Å². The van der Waals surface area contributed by atoms with Gasteiger partial charge in [-0.15, -0.1) is 11.6 Å². The predicted octanol–water partition coefficient (Wildman–Crippen LogP) is 4.07. The van der Waals surface area contributed by atoms with E-state index in [4.69, 9.17) is 11.6 Å². The second-order valence-corrected chi connectivity index (χ2v) is 5.21. The van der Waals surface area contributed by atoms with E-state index in [0.29, 0.717) is 12.8 Å². The first-order valence-corrected chi connectivity index (χ1v) is 6.32. The van der Waals surface area contributed by atoms with Gasteiger partial charge >= 0.3 is 6.18 Å². The topological polar surface area (TPSA) is 20.2 Å².